The van der Waals surface area contributed by atoms with Crippen molar-refractivity contribution < 1.29 is 0 Å². The van der Waals surface area contributed by atoms with Crippen molar-refractivity contribution in [3.8, 4) is 0 Å². The number of aryl methyl sites for hydroxylation is 1. The van der Waals surface area contributed by atoms with Crippen molar-refractivity contribution >= 4 is 26.8 Å². The molecular formula is C15H19BrN2. The summed E-state index contributed by atoms with van der Waals surface area (Å²) in [5.41, 5.74) is 3.57. The molecule has 3 heteroatoms. The average Bonchev–Trinajstić information content (AvgIpc) is 2.38. The molecule has 0 N–H and O–H groups in total. The molecule has 2 nitrogen and oxygen atoms in total. The van der Waals surface area contributed by atoms with Crippen LogP contribution in [0.2, 0.25) is 0 Å². The SMILES string of the molecule is CCN(CCBr)Cc1cc(C)nc2ccccc12. The first-order valence-corrected chi connectivity index (χ1v) is 7.50. The van der Waals surface area contributed by atoms with E-state index >= 15 is 0 Å². The number of nitrogens with zero attached hydrogens (tertiary/aromatic N) is 2. The Kier molecular flexibility index (Phi) is 4.72. The summed E-state index contributed by atoms with van der Waals surface area (Å²) in [5, 5.41) is 2.29. The first kappa shape index (κ1) is 13.5. The summed E-state index contributed by atoms with van der Waals surface area (Å²) >= 11 is 3.51. The topological polar surface area (TPSA) is 16.1 Å². The molecule has 0 fully saturated rings. The van der Waals surface area contributed by atoms with Crippen molar-refractivity contribution in [2.45, 2.75) is 20.4 Å². The van der Waals surface area contributed by atoms with E-state index < -0.39 is 0 Å². The van der Waals surface area contributed by atoms with Crippen molar-refractivity contribution in [1.82, 2.24) is 9.88 Å². The maximum atomic E-state index is 4.59. The summed E-state index contributed by atoms with van der Waals surface area (Å²) in [6, 6.07) is 10.6. The summed E-state index contributed by atoms with van der Waals surface area (Å²) in [6.45, 7) is 7.41. The van der Waals surface area contributed by atoms with E-state index in [9.17, 15) is 0 Å². The van der Waals surface area contributed by atoms with Gasteiger partial charge in [0.15, 0.2) is 0 Å². The third-order valence-electron chi connectivity index (χ3n) is 3.17. The quantitative estimate of drug-likeness (QED) is 0.782. The van der Waals surface area contributed by atoms with Crippen LogP contribution in [-0.2, 0) is 6.54 Å². The fourth-order valence-electron chi connectivity index (χ4n) is 2.24. The van der Waals surface area contributed by atoms with Gasteiger partial charge in [-0.05, 0) is 31.2 Å². The zero-order valence-electron chi connectivity index (χ0n) is 11.0. The predicted molar refractivity (Wildman–Crippen MR) is 81.2 cm³/mol. The normalized spacial score (nSPS) is 11.3. The molecule has 0 aliphatic rings. The van der Waals surface area contributed by atoms with Crippen LogP contribution in [0.1, 0.15) is 18.2 Å². The Labute approximate surface area is 117 Å². The van der Waals surface area contributed by atoms with Gasteiger partial charge in [0.05, 0.1) is 5.52 Å². The lowest BCUT2D eigenvalue weighted by atomic mass is 10.1. The molecule has 0 saturated carbocycles. The Morgan fingerprint density at radius 1 is 1.28 bits per heavy atom. The minimum atomic E-state index is 0.992. The van der Waals surface area contributed by atoms with E-state index in [0.29, 0.717) is 0 Å². The van der Waals surface area contributed by atoms with Crippen molar-refractivity contribution in [3.63, 3.8) is 0 Å². The number of para-hydroxylation sites is 1. The van der Waals surface area contributed by atoms with Gasteiger partial charge in [-0.1, -0.05) is 41.1 Å². The maximum Gasteiger partial charge on any atom is 0.0708 e. The monoisotopic (exact) mass is 306 g/mol. The maximum absolute atomic E-state index is 4.59. The summed E-state index contributed by atoms with van der Waals surface area (Å²) in [5.74, 6) is 0. The van der Waals surface area contributed by atoms with E-state index in [-0.39, 0.29) is 0 Å². The molecule has 1 aromatic carbocycles. The highest BCUT2D eigenvalue weighted by atomic mass is 79.9. The number of fused-ring (bicyclic) bond motifs is 1. The summed E-state index contributed by atoms with van der Waals surface area (Å²) in [4.78, 5) is 7.03. The number of alkyl halides is 1. The Bertz CT molecular complexity index is 525. The second-order valence-electron chi connectivity index (χ2n) is 4.50. The lowest BCUT2D eigenvalue weighted by molar-refractivity contribution is 0.300. The molecule has 1 heterocycles. The molecule has 0 spiro atoms. The molecule has 0 amide bonds. The van der Waals surface area contributed by atoms with Crippen LogP contribution in [-0.4, -0.2) is 28.3 Å². The van der Waals surface area contributed by atoms with E-state index in [1.807, 2.05) is 0 Å². The lowest BCUT2D eigenvalue weighted by Gasteiger charge is -2.20. The van der Waals surface area contributed by atoms with Gasteiger partial charge < -0.3 is 0 Å². The molecule has 0 saturated heterocycles. The standard InChI is InChI=1S/C15H19BrN2/c1-3-18(9-8-16)11-13-10-12(2)17-15-7-5-4-6-14(13)15/h4-7,10H,3,8-9,11H2,1-2H3. The molecule has 0 bridgehead atoms. The number of hydrogen-bond acceptors (Lipinski definition) is 2. The number of pyridine rings is 1. The van der Waals surface area contributed by atoms with E-state index in [0.717, 1.165) is 36.2 Å². The van der Waals surface area contributed by atoms with Crippen LogP contribution in [0, 0.1) is 6.92 Å². The van der Waals surface area contributed by atoms with Gasteiger partial charge in [-0.25, -0.2) is 0 Å². The van der Waals surface area contributed by atoms with Crippen molar-refractivity contribution in [2.75, 3.05) is 18.4 Å². The fourth-order valence-corrected chi connectivity index (χ4v) is 2.74. The van der Waals surface area contributed by atoms with Gasteiger partial charge in [-0.15, -0.1) is 0 Å². The van der Waals surface area contributed by atoms with Crippen molar-refractivity contribution in [2.24, 2.45) is 0 Å². The van der Waals surface area contributed by atoms with Gasteiger partial charge in [-0.2, -0.15) is 0 Å². The highest BCUT2D eigenvalue weighted by Gasteiger charge is 2.07. The van der Waals surface area contributed by atoms with Gasteiger partial charge in [0, 0.05) is 29.5 Å². The zero-order chi connectivity index (χ0) is 13.0. The summed E-state index contributed by atoms with van der Waals surface area (Å²) < 4.78 is 0. The fraction of sp³-hybridized carbons (Fsp3) is 0.400. The van der Waals surface area contributed by atoms with Crippen LogP contribution in [0.4, 0.5) is 0 Å². The highest BCUT2D eigenvalue weighted by Crippen LogP contribution is 2.19. The molecular weight excluding hydrogens is 288 g/mol. The number of aromatic nitrogens is 1. The number of rotatable bonds is 5. The van der Waals surface area contributed by atoms with Crippen LogP contribution >= 0.6 is 15.9 Å². The number of halogens is 1. The van der Waals surface area contributed by atoms with Gasteiger partial charge in [-0.3, -0.25) is 9.88 Å². The van der Waals surface area contributed by atoms with E-state index in [2.05, 4.69) is 70.0 Å². The Hall–Kier alpha value is -0.930. The smallest absolute Gasteiger partial charge is 0.0708 e. The zero-order valence-corrected chi connectivity index (χ0v) is 12.6. The van der Waals surface area contributed by atoms with E-state index in [1.165, 1.54) is 10.9 Å². The summed E-state index contributed by atoms with van der Waals surface area (Å²) in [7, 11) is 0. The van der Waals surface area contributed by atoms with E-state index in [4.69, 9.17) is 0 Å². The van der Waals surface area contributed by atoms with Gasteiger partial charge in [0.1, 0.15) is 0 Å². The molecule has 1 aromatic heterocycles. The summed E-state index contributed by atoms with van der Waals surface area (Å²) in [6.07, 6.45) is 0. The minimum absolute atomic E-state index is 0.992. The molecule has 2 aromatic rings. The number of hydrogen-bond donors (Lipinski definition) is 0. The Balaban J connectivity index is 2.37. The van der Waals surface area contributed by atoms with Crippen molar-refractivity contribution in [1.29, 1.82) is 0 Å². The van der Waals surface area contributed by atoms with Gasteiger partial charge in [0.2, 0.25) is 0 Å². The molecule has 0 aliphatic heterocycles. The van der Waals surface area contributed by atoms with Crippen LogP contribution in [0.25, 0.3) is 10.9 Å². The largest absolute Gasteiger partial charge is 0.299 e. The van der Waals surface area contributed by atoms with Crippen LogP contribution in [0.5, 0.6) is 0 Å². The Morgan fingerprint density at radius 3 is 2.78 bits per heavy atom. The molecule has 0 radical (unpaired) electrons. The Morgan fingerprint density at radius 2 is 2.06 bits per heavy atom. The third kappa shape index (κ3) is 3.09. The minimum Gasteiger partial charge on any atom is -0.299 e. The molecule has 2 rings (SSSR count). The first-order valence-electron chi connectivity index (χ1n) is 6.38. The molecule has 0 unspecified atom stereocenters. The molecule has 0 atom stereocenters. The highest BCUT2D eigenvalue weighted by molar-refractivity contribution is 9.09. The second kappa shape index (κ2) is 6.30. The van der Waals surface area contributed by atoms with Gasteiger partial charge >= 0.3 is 0 Å². The predicted octanol–water partition coefficient (Wildman–Crippen LogP) is 3.76. The average molecular weight is 307 g/mol. The van der Waals surface area contributed by atoms with Gasteiger partial charge in [0.25, 0.3) is 0 Å². The molecule has 96 valence electrons. The first-order chi connectivity index (χ1) is 8.74. The lowest BCUT2D eigenvalue weighted by Crippen LogP contribution is -2.25. The molecule has 18 heavy (non-hydrogen) atoms. The van der Waals surface area contributed by atoms with Crippen LogP contribution in [0.3, 0.4) is 0 Å². The number of benzene rings is 1. The van der Waals surface area contributed by atoms with Crippen LogP contribution in [0.15, 0.2) is 30.3 Å². The second-order valence-corrected chi connectivity index (χ2v) is 5.29. The molecule has 0 aliphatic carbocycles. The third-order valence-corrected chi connectivity index (χ3v) is 3.53. The van der Waals surface area contributed by atoms with Crippen molar-refractivity contribution in [3.05, 3.63) is 41.6 Å². The van der Waals surface area contributed by atoms with Crippen LogP contribution < -0.4 is 0 Å². The van der Waals surface area contributed by atoms with E-state index in [1.54, 1.807) is 0 Å².